The van der Waals surface area contributed by atoms with Crippen molar-refractivity contribution in [2.45, 2.75) is 31.9 Å². The summed E-state index contributed by atoms with van der Waals surface area (Å²) in [4.78, 5) is 12.7. The van der Waals surface area contributed by atoms with E-state index in [1.807, 2.05) is 18.2 Å². The minimum atomic E-state index is -0.698. The van der Waals surface area contributed by atoms with Crippen molar-refractivity contribution in [2.75, 3.05) is 13.2 Å². The molecule has 2 aromatic rings. The van der Waals surface area contributed by atoms with E-state index in [2.05, 4.69) is 5.32 Å². The number of nitrogens with one attached hydrogen (secondary N) is 1. The third-order valence-corrected chi connectivity index (χ3v) is 4.54. The lowest BCUT2D eigenvalue weighted by atomic mass is 9.97. The van der Waals surface area contributed by atoms with Crippen LogP contribution < -0.4 is 5.32 Å². The topological polar surface area (TPSA) is 58.6 Å². The molecule has 4 nitrogen and oxygen atoms in total. The van der Waals surface area contributed by atoms with Crippen molar-refractivity contribution in [1.29, 1.82) is 0 Å². The van der Waals surface area contributed by atoms with Crippen molar-refractivity contribution >= 4 is 5.91 Å². The zero-order valence-corrected chi connectivity index (χ0v) is 14.2. The maximum Gasteiger partial charge on any atom is 0.251 e. The molecule has 25 heavy (non-hydrogen) atoms. The predicted octanol–water partition coefficient (Wildman–Crippen LogP) is 2.60. The number of hydrogen-bond donors (Lipinski definition) is 2. The van der Waals surface area contributed by atoms with Gasteiger partial charge in [-0.05, 0) is 48.6 Å². The Bertz CT molecular complexity index is 762. The number of aliphatic hydroxyl groups excluding tert-OH is 1. The van der Waals surface area contributed by atoms with Crippen LogP contribution in [0, 0.1) is 12.7 Å². The van der Waals surface area contributed by atoms with Gasteiger partial charge in [0.1, 0.15) is 5.82 Å². The normalized spacial score (nSPS) is 20.3. The summed E-state index contributed by atoms with van der Waals surface area (Å²) in [7, 11) is 0. The molecule has 1 heterocycles. The Morgan fingerprint density at radius 1 is 1.32 bits per heavy atom. The quantitative estimate of drug-likeness (QED) is 0.897. The van der Waals surface area contributed by atoms with E-state index in [-0.39, 0.29) is 24.4 Å². The highest BCUT2D eigenvalue weighted by atomic mass is 19.1. The van der Waals surface area contributed by atoms with Crippen molar-refractivity contribution in [3.05, 3.63) is 70.5 Å². The fourth-order valence-electron chi connectivity index (χ4n) is 3.00. The van der Waals surface area contributed by atoms with E-state index in [0.717, 1.165) is 11.1 Å². The first kappa shape index (κ1) is 17.6. The van der Waals surface area contributed by atoms with Gasteiger partial charge in [0.05, 0.1) is 18.8 Å². The second-order valence-corrected chi connectivity index (χ2v) is 6.43. The minimum absolute atomic E-state index is 0.228. The molecule has 0 saturated carbocycles. The number of hydrogen-bond acceptors (Lipinski definition) is 3. The van der Waals surface area contributed by atoms with Crippen molar-refractivity contribution in [3.63, 3.8) is 0 Å². The first-order valence-electron chi connectivity index (χ1n) is 8.44. The summed E-state index contributed by atoms with van der Waals surface area (Å²) >= 11 is 0. The van der Waals surface area contributed by atoms with Crippen LogP contribution in [0.15, 0.2) is 42.5 Å². The monoisotopic (exact) mass is 343 g/mol. The maximum atomic E-state index is 13.8. The molecule has 5 heteroatoms. The second-order valence-electron chi connectivity index (χ2n) is 6.43. The fraction of sp³-hybridized carbons (Fsp3) is 0.350. The molecular weight excluding hydrogens is 321 g/mol. The molecule has 0 radical (unpaired) electrons. The highest BCUT2D eigenvalue weighted by Crippen LogP contribution is 2.18. The van der Waals surface area contributed by atoms with Crippen molar-refractivity contribution in [2.24, 2.45) is 0 Å². The fourth-order valence-corrected chi connectivity index (χ4v) is 3.00. The van der Waals surface area contributed by atoms with E-state index in [0.29, 0.717) is 30.6 Å². The van der Waals surface area contributed by atoms with Crippen LogP contribution in [0.2, 0.25) is 0 Å². The summed E-state index contributed by atoms with van der Waals surface area (Å²) in [6, 6.07) is 12.1. The molecule has 1 fully saturated rings. The summed E-state index contributed by atoms with van der Waals surface area (Å²) in [5.74, 6) is -0.473. The molecule has 1 saturated heterocycles. The highest BCUT2D eigenvalue weighted by molar-refractivity contribution is 5.96. The average Bonchev–Trinajstić information content (AvgIpc) is 2.60. The lowest BCUT2D eigenvalue weighted by Crippen LogP contribution is -2.48. The lowest BCUT2D eigenvalue weighted by molar-refractivity contribution is -0.0260. The van der Waals surface area contributed by atoms with Gasteiger partial charge in [-0.25, -0.2) is 4.39 Å². The van der Waals surface area contributed by atoms with Crippen LogP contribution in [0.25, 0.3) is 0 Å². The number of benzene rings is 2. The SMILES string of the molecule is Cc1ccc(Cc2ccccc2C(=O)N[C@@H]2CCOC[C@H]2O)cc1F. The molecule has 2 atom stereocenters. The number of aryl methyl sites for hydroxylation is 1. The Kier molecular flexibility index (Phi) is 5.46. The molecule has 0 bridgehead atoms. The zero-order valence-electron chi connectivity index (χ0n) is 14.2. The van der Waals surface area contributed by atoms with Gasteiger partial charge in [0.25, 0.3) is 5.91 Å². The standard InChI is InChI=1S/C20H22FNO3/c1-13-6-7-14(11-17(13)21)10-15-4-2-3-5-16(15)20(24)22-18-8-9-25-12-19(18)23/h2-7,11,18-19,23H,8-10,12H2,1H3,(H,22,24)/t18-,19-/m1/s1. The second kappa shape index (κ2) is 7.76. The Hall–Kier alpha value is -2.24. The van der Waals surface area contributed by atoms with E-state index < -0.39 is 6.10 Å². The molecule has 0 aliphatic carbocycles. The molecule has 1 aliphatic heterocycles. The van der Waals surface area contributed by atoms with Crippen molar-refractivity contribution < 1.29 is 19.0 Å². The molecule has 1 amide bonds. The van der Waals surface area contributed by atoms with Crippen molar-refractivity contribution in [1.82, 2.24) is 5.32 Å². The third kappa shape index (κ3) is 4.24. The summed E-state index contributed by atoms with van der Waals surface area (Å²) in [5.41, 5.74) is 2.78. The molecule has 0 unspecified atom stereocenters. The van der Waals surface area contributed by atoms with Crippen LogP contribution in [-0.2, 0) is 11.2 Å². The molecule has 2 aromatic carbocycles. The Balaban J connectivity index is 1.77. The van der Waals surface area contributed by atoms with Gasteiger partial charge in [-0.3, -0.25) is 4.79 Å². The largest absolute Gasteiger partial charge is 0.389 e. The Morgan fingerprint density at radius 2 is 2.12 bits per heavy atom. The van der Waals surface area contributed by atoms with Crippen LogP contribution in [0.3, 0.4) is 0 Å². The molecule has 0 aromatic heterocycles. The number of amides is 1. The summed E-state index contributed by atoms with van der Waals surface area (Å²) in [6.07, 6.45) is 0.353. The van der Waals surface area contributed by atoms with Gasteiger partial charge in [0.2, 0.25) is 0 Å². The maximum absolute atomic E-state index is 13.8. The van der Waals surface area contributed by atoms with Crippen LogP contribution in [0.1, 0.15) is 33.5 Å². The van der Waals surface area contributed by atoms with Gasteiger partial charge in [-0.2, -0.15) is 0 Å². The number of carbonyl (C=O) groups excluding carboxylic acids is 1. The van der Waals surface area contributed by atoms with Crippen LogP contribution in [0.5, 0.6) is 0 Å². The van der Waals surface area contributed by atoms with E-state index in [4.69, 9.17) is 4.74 Å². The molecule has 0 spiro atoms. The van der Waals surface area contributed by atoms with Gasteiger partial charge in [0, 0.05) is 12.2 Å². The molecule has 132 valence electrons. The lowest BCUT2D eigenvalue weighted by Gasteiger charge is -2.28. The summed E-state index contributed by atoms with van der Waals surface area (Å²) in [5, 5.41) is 12.8. The number of halogens is 1. The van der Waals surface area contributed by atoms with E-state index in [1.165, 1.54) is 6.07 Å². The van der Waals surface area contributed by atoms with Crippen LogP contribution in [-0.4, -0.2) is 36.4 Å². The molecule has 2 N–H and O–H groups in total. The third-order valence-electron chi connectivity index (χ3n) is 4.54. The number of aliphatic hydroxyl groups is 1. The zero-order chi connectivity index (χ0) is 17.8. The average molecular weight is 343 g/mol. The van der Waals surface area contributed by atoms with Crippen LogP contribution in [0.4, 0.5) is 4.39 Å². The first-order chi connectivity index (χ1) is 12.0. The minimum Gasteiger partial charge on any atom is -0.389 e. The number of ether oxygens (including phenoxy) is 1. The van der Waals surface area contributed by atoms with E-state index in [1.54, 1.807) is 25.1 Å². The smallest absolute Gasteiger partial charge is 0.251 e. The van der Waals surface area contributed by atoms with Crippen LogP contribution >= 0.6 is 0 Å². The first-order valence-corrected chi connectivity index (χ1v) is 8.44. The predicted molar refractivity (Wildman–Crippen MR) is 93.1 cm³/mol. The summed E-state index contributed by atoms with van der Waals surface area (Å²) in [6.45, 7) is 2.47. The highest BCUT2D eigenvalue weighted by Gasteiger charge is 2.26. The Labute approximate surface area is 146 Å². The molecular formula is C20H22FNO3. The van der Waals surface area contributed by atoms with Gasteiger partial charge < -0.3 is 15.2 Å². The summed E-state index contributed by atoms with van der Waals surface area (Å²) < 4.78 is 19.0. The number of rotatable bonds is 4. The van der Waals surface area contributed by atoms with Crippen molar-refractivity contribution in [3.8, 4) is 0 Å². The van der Waals surface area contributed by atoms with Gasteiger partial charge in [0.15, 0.2) is 0 Å². The van der Waals surface area contributed by atoms with E-state index in [9.17, 15) is 14.3 Å². The van der Waals surface area contributed by atoms with E-state index >= 15 is 0 Å². The van der Waals surface area contributed by atoms with Gasteiger partial charge >= 0.3 is 0 Å². The molecule has 3 rings (SSSR count). The van der Waals surface area contributed by atoms with Gasteiger partial charge in [-0.15, -0.1) is 0 Å². The molecule has 1 aliphatic rings. The number of carbonyl (C=O) groups is 1. The Morgan fingerprint density at radius 3 is 2.88 bits per heavy atom. The van der Waals surface area contributed by atoms with Gasteiger partial charge in [-0.1, -0.05) is 30.3 Å².